The topological polar surface area (TPSA) is 67.9 Å². The summed E-state index contributed by atoms with van der Waals surface area (Å²) < 4.78 is 39.5. The summed E-state index contributed by atoms with van der Waals surface area (Å²) in [6.07, 6.45) is 4.39. The van der Waals surface area contributed by atoms with Gasteiger partial charge >= 0.3 is 6.18 Å². The van der Waals surface area contributed by atoms with Crippen molar-refractivity contribution in [2.75, 3.05) is 23.7 Å². The van der Waals surface area contributed by atoms with Crippen LogP contribution in [0.5, 0.6) is 0 Å². The first-order valence-corrected chi connectivity index (χ1v) is 10.6. The molecule has 1 spiro atoms. The van der Waals surface area contributed by atoms with Gasteiger partial charge < -0.3 is 10.6 Å². The van der Waals surface area contributed by atoms with Crippen LogP contribution in [0.1, 0.15) is 44.7 Å². The van der Waals surface area contributed by atoms with Crippen molar-refractivity contribution < 1.29 is 13.2 Å². The first kappa shape index (κ1) is 20.3. The minimum atomic E-state index is -4.53. The molecule has 2 N–H and O–H groups in total. The second-order valence-corrected chi connectivity index (χ2v) is 9.23. The Morgan fingerprint density at radius 2 is 1.97 bits per heavy atom. The van der Waals surface area contributed by atoms with E-state index in [0.717, 1.165) is 49.8 Å². The molecule has 0 aromatic carbocycles. The van der Waals surface area contributed by atoms with E-state index in [2.05, 4.69) is 26.8 Å². The summed E-state index contributed by atoms with van der Waals surface area (Å²) in [5.41, 5.74) is 5.58. The lowest BCUT2D eigenvalue weighted by Crippen LogP contribution is -2.39. The van der Waals surface area contributed by atoms with Crippen molar-refractivity contribution in [2.24, 2.45) is 11.3 Å². The molecule has 9 heteroatoms. The highest BCUT2D eigenvalue weighted by atomic mass is 32.2. The molecule has 1 atom stereocenters. The smallest absolute Gasteiger partial charge is 0.381 e. The van der Waals surface area contributed by atoms with Gasteiger partial charge in [-0.15, -0.1) is 0 Å². The molecule has 2 aromatic rings. The van der Waals surface area contributed by atoms with Crippen LogP contribution in [0.2, 0.25) is 0 Å². The van der Waals surface area contributed by atoms with Crippen molar-refractivity contribution in [1.82, 2.24) is 15.0 Å². The minimum absolute atomic E-state index is 0.0379. The molecule has 5 nitrogen and oxygen atoms in total. The van der Waals surface area contributed by atoms with E-state index in [4.69, 9.17) is 5.73 Å². The fraction of sp³-hybridized carbons (Fsp3) is 0.550. The fourth-order valence-corrected chi connectivity index (χ4v) is 5.44. The molecular formula is C20H24F3N5S. The summed E-state index contributed by atoms with van der Waals surface area (Å²) in [7, 11) is 0. The highest BCUT2D eigenvalue weighted by Crippen LogP contribution is 2.49. The Kier molecular flexibility index (Phi) is 5.35. The SMILES string of the molecule is C[C@H]1CCC2(CCN(c3cnc(Sc4cccnc4C(F)(F)F)c(N)n3)CC2)C1. The summed E-state index contributed by atoms with van der Waals surface area (Å²) in [6, 6.07) is 2.82. The quantitative estimate of drug-likeness (QED) is 0.747. The number of aromatic nitrogens is 3. The predicted octanol–water partition coefficient (Wildman–Crippen LogP) is 5.03. The Labute approximate surface area is 172 Å². The van der Waals surface area contributed by atoms with Crippen LogP contribution in [-0.4, -0.2) is 28.0 Å². The van der Waals surface area contributed by atoms with E-state index in [-0.39, 0.29) is 15.7 Å². The van der Waals surface area contributed by atoms with E-state index in [9.17, 15) is 13.2 Å². The molecule has 2 aliphatic rings. The number of pyridine rings is 1. The van der Waals surface area contributed by atoms with Crippen LogP contribution in [0.4, 0.5) is 24.8 Å². The first-order valence-electron chi connectivity index (χ1n) is 9.83. The van der Waals surface area contributed by atoms with Crippen molar-refractivity contribution in [1.29, 1.82) is 0 Å². The molecule has 156 valence electrons. The molecule has 1 saturated carbocycles. The molecule has 29 heavy (non-hydrogen) atoms. The predicted molar refractivity (Wildman–Crippen MR) is 107 cm³/mol. The maximum atomic E-state index is 13.2. The van der Waals surface area contributed by atoms with Gasteiger partial charge in [-0.3, -0.25) is 4.98 Å². The van der Waals surface area contributed by atoms with Crippen molar-refractivity contribution in [3.8, 4) is 0 Å². The Hall–Kier alpha value is -2.03. The van der Waals surface area contributed by atoms with Crippen molar-refractivity contribution in [3.63, 3.8) is 0 Å². The third kappa shape index (κ3) is 4.29. The summed E-state index contributed by atoms with van der Waals surface area (Å²) in [6.45, 7) is 4.15. The molecular weight excluding hydrogens is 399 g/mol. The fourth-order valence-electron chi connectivity index (χ4n) is 4.56. The number of nitrogen functional groups attached to an aromatic ring is 1. The van der Waals surface area contributed by atoms with Gasteiger partial charge in [-0.1, -0.05) is 25.1 Å². The van der Waals surface area contributed by atoms with E-state index in [0.29, 0.717) is 11.2 Å². The normalized spacial score (nSPS) is 21.7. The van der Waals surface area contributed by atoms with Gasteiger partial charge in [-0.2, -0.15) is 13.2 Å². The largest absolute Gasteiger partial charge is 0.434 e. The van der Waals surface area contributed by atoms with Crippen LogP contribution in [-0.2, 0) is 6.18 Å². The molecule has 3 heterocycles. The lowest BCUT2D eigenvalue weighted by atomic mass is 9.76. The molecule has 1 aliphatic carbocycles. The summed E-state index contributed by atoms with van der Waals surface area (Å²) in [5.74, 6) is 1.64. The zero-order valence-corrected chi connectivity index (χ0v) is 17.1. The van der Waals surface area contributed by atoms with Crippen LogP contribution < -0.4 is 10.6 Å². The number of nitrogens with two attached hydrogens (primary N) is 1. The second kappa shape index (κ2) is 7.66. The highest BCUT2D eigenvalue weighted by molar-refractivity contribution is 7.99. The van der Waals surface area contributed by atoms with Gasteiger partial charge in [-0.25, -0.2) is 9.97 Å². The van der Waals surface area contributed by atoms with E-state index in [1.807, 2.05) is 0 Å². The first-order chi connectivity index (χ1) is 13.8. The molecule has 0 radical (unpaired) electrons. The molecule has 2 aromatic heterocycles. The zero-order valence-electron chi connectivity index (χ0n) is 16.2. The van der Waals surface area contributed by atoms with Crippen molar-refractivity contribution in [3.05, 3.63) is 30.2 Å². The second-order valence-electron chi connectivity index (χ2n) is 8.20. The third-order valence-corrected chi connectivity index (χ3v) is 7.15. The van der Waals surface area contributed by atoms with E-state index < -0.39 is 11.9 Å². The standard InChI is InChI=1S/C20H24F3N5S/c1-13-4-5-19(11-13)6-9-28(10-7-19)15-12-26-18(17(24)27-15)29-14-3-2-8-25-16(14)20(21,22)23/h2-3,8,12-13H,4-7,9-11H2,1H3,(H2,24,27)/t13-/m0/s1. The Morgan fingerprint density at radius 1 is 1.21 bits per heavy atom. The number of alkyl halides is 3. The van der Waals surface area contributed by atoms with Crippen LogP contribution >= 0.6 is 11.8 Å². The number of halogens is 3. The number of piperidine rings is 1. The molecule has 1 aliphatic heterocycles. The summed E-state index contributed by atoms with van der Waals surface area (Å²) >= 11 is 0.839. The van der Waals surface area contributed by atoms with Crippen molar-refractivity contribution >= 4 is 23.4 Å². The summed E-state index contributed by atoms with van der Waals surface area (Å²) in [5, 5.41) is 0.255. The van der Waals surface area contributed by atoms with Gasteiger partial charge in [0, 0.05) is 24.2 Å². The van der Waals surface area contributed by atoms with Crippen LogP contribution in [0.3, 0.4) is 0 Å². The Morgan fingerprint density at radius 3 is 2.59 bits per heavy atom. The minimum Gasteiger partial charge on any atom is -0.381 e. The van der Waals surface area contributed by atoms with Gasteiger partial charge in [0.15, 0.2) is 11.5 Å². The van der Waals surface area contributed by atoms with E-state index in [1.54, 1.807) is 6.20 Å². The number of hydrogen-bond acceptors (Lipinski definition) is 6. The number of anilines is 2. The van der Waals surface area contributed by atoms with Gasteiger partial charge in [0.2, 0.25) is 0 Å². The number of nitrogens with zero attached hydrogens (tertiary/aromatic N) is 4. The maximum Gasteiger partial charge on any atom is 0.434 e. The third-order valence-electron chi connectivity index (χ3n) is 6.09. The zero-order chi connectivity index (χ0) is 20.6. The monoisotopic (exact) mass is 423 g/mol. The molecule has 4 rings (SSSR count). The van der Waals surface area contributed by atoms with Crippen molar-refractivity contribution in [2.45, 2.75) is 55.1 Å². The lowest BCUT2D eigenvalue weighted by Gasteiger charge is -2.40. The van der Waals surface area contributed by atoms with Gasteiger partial charge in [-0.05, 0) is 49.1 Å². The van der Waals surface area contributed by atoms with Gasteiger partial charge in [0.05, 0.1) is 6.20 Å². The van der Waals surface area contributed by atoms with Gasteiger partial charge in [0.1, 0.15) is 10.8 Å². The van der Waals surface area contributed by atoms with E-state index in [1.165, 1.54) is 31.4 Å². The number of hydrogen-bond donors (Lipinski definition) is 1. The molecule has 2 fully saturated rings. The molecule has 0 amide bonds. The summed E-state index contributed by atoms with van der Waals surface area (Å²) in [4.78, 5) is 14.3. The van der Waals surface area contributed by atoms with E-state index >= 15 is 0 Å². The molecule has 0 bridgehead atoms. The van der Waals surface area contributed by atoms with Gasteiger partial charge in [0.25, 0.3) is 0 Å². The van der Waals surface area contributed by atoms with Crippen LogP contribution in [0.25, 0.3) is 0 Å². The molecule has 0 unspecified atom stereocenters. The number of rotatable bonds is 3. The lowest BCUT2D eigenvalue weighted by molar-refractivity contribution is -0.143. The van der Waals surface area contributed by atoms with Crippen LogP contribution in [0, 0.1) is 11.3 Å². The maximum absolute atomic E-state index is 13.2. The Balaban J connectivity index is 1.47. The highest BCUT2D eigenvalue weighted by Gasteiger charge is 2.40. The average molecular weight is 424 g/mol. The average Bonchev–Trinajstić information content (AvgIpc) is 3.04. The molecule has 1 saturated heterocycles. The van der Waals surface area contributed by atoms with Crippen LogP contribution in [0.15, 0.2) is 34.4 Å². The Bertz CT molecular complexity index is 881.